The Balaban J connectivity index is 1.77. The second-order valence-corrected chi connectivity index (χ2v) is 8.75. The first-order valence-electron chi connectivity index (χ1n) is 9.75. The second kappa shape index (κ2) is 7.70. The third-order valence-electron chi connectivity index (χ3n) is 4.76. The normalized spacial score (nSPS) is 13.7. The van der Waals surface area contributed by atoms with Gasteiger partial charge in [0.05, 0.1) is 11.1 Å². The summed E-state index contributed by atoms with van der Waals surface area (Å²) >= 11 is 0. The number of benzene rings is 2. The lowest BCUT2D eigenvalue weighted by atomic mass is 9.86. The van der Waals surface area contributed by atoms with Gasteiger partial charge in [-0.05, 0) is 41.2 Å². The SMILES string of the molecule is CC(C)CN1C(=O)c2ccc(NC(=O)Nc3ccccc3C(C)(C)C)cc2C1=O. The number of nitrogens with one attached hydrogen (secondary N) is 2. The van der Waals surface area contributed by atoms with Gasteiger partial charge in [0.25, 0.3) is 11.8 Å². The Morgan fingerprint density at radius 2 is 1.62 bits per heavy atom. The summed E-state index contributed by atoms with van der Waals surface area (Å²) in [5.41, 5.74) is 2.79. The Kier molecular flexibility index (Phi) is 5.46. The molecule has 0 saturated carbocycles. The number of rotatable bonds is 4. The molecule has 1 aliphatic heterocycles. The van der Waals surface area contributed by atoms with Crippen molar-refractivity contribution in [2.75, 3.05) is 17.2 Å². The second-order valence-electron chi connectivity index (χ2n) is 8.75. The van der Waals surface area contributed by atoms with E-state index in [-0.39, 0.29) is 23.1 Å². The molecule has 2 aromatic carbocycles. The number of anilines is 2. The smallest absolute Gasteiger partial charge is 0.308 e. The van der Waals surface area contributed by atoms with E-state index in [4.69, 9.17) is 0 Å². The van der Waals surface area contributed by atoms with Crippen LogP contribution in [0.3, 0.4) is 0 Å². The highest BCUT2D eigenvalue weighted by atomic mass is 16.2. The largest absolute Gasteiger partial charge is 0.323 e. The zero-order chi connectivity index (χ0) is 21.3. The fraction of sp³-hybridized carbons (Fsp3) is 0.348. The van der Waals surface area contributed by atoms with E-state index in [1.54, 1.807) is 18.2 Å². The molecular weight excluding hydrogens is 366 g/mol. The van der Waals surface area contributed by atoms with E-state index in [0.29, 0.717) is 23.4 Å². The molecule has 3 rings (SSSR count). The van der Waals surface area contributed by atoms with Crippen LogP contribution in [-0.4, -0.2) is 29.3 Å². The highest BCUT2D eigenvalue weighted by Gasteiger charge is 2.35. The minimum Gasteiger partial charge on any atom is -0.308 e. The number of carbonyl (C=O) groups is 3. The van der Waals surface area contributed by atoms with Crippen LogP contribution in [0.5, 0.6) is 0 Å². The molecule has 1 heterocycles. The van der Waals surface area contributed by atoms with Crippen molar-refractivity contribution < 1.29 is 14.4 Å². The first kappa shape index (κ1) is 20.6. The Labute approximate surface area is 171 Å². The number of hydrogen-bond donors (Lipinski definition) is 2. The number of fused-ring (bicyclic) bond motifs is 1. The lowest BCUT2D eigenvalue weighted by Crippen LogP contribution is -2.33. The lowest BCUT2D eigenvalue weighted by molar-refractivity contribution is 0.0636. The Morgan fingerprint density at radius 3 is 2.28 bits per heavy atom. The molecule has 0 saturated heterocycles. The highest BCUT2D eigenvalue weighted by Crippen LogP contribution is 2.30. The average Bonchev–Trinajstić information content (AvgIpc) is 2.85. The van der Waals surface area contributed by atoms with Crippen LogP contribution in [0.4, 0.5) is 16.2 Å². The minimum absolute atomic E-state index is 0.121. The van der Waals surface area contributed by atoms with Crippen LogP contribution in [0.25, 0.3) is 0 Å². The van der Waals surface area contributed by atoms with E-state index in [9.17, 15) is 14.4 Å². The Morgan fingerprint density at radius 1 is 0.966 bits per heavy atom. The van der Waals surface area contributed by atoms with Gasteiger partial charge in [-0.25, -0.2) is 4.79 Å². The predicted octanol–water partition coefficient (Wildman–Crippen LogP) is 4.88. The minimum atomic E-state index is -0.405. The average molecular weight is 393 g/mol. The fourth-order valence-electron chi connectivity index (χ4n) is 3.43. The topological polar surface area (TPSA) is 78.5 Å². The molecule has 29 heavy (non-hydrogen) atoms. The zero-order valence-corrected chi connectivity index (χ0v) is 17.5. The summed E-state index contributed by atoms with van der Waals surface area (Å²) in [6.07, 6.45) is 0. The lowest BCUT2D eigenvalue weighted by Gasteiger charge is -2.23. The van der Waals surface area contributed by atoms with Crippen LogP contribution in [0.1, 0.15) is 60.9 Å². The number of para-hydroxylation sites is 1. The van der Waals surface area contributed by atoms with Gasteiger partial charge in [0.1, 0.15) is 0 Å². The van der Waals surface area contributed by atoms with Crippen LogP contribution in [0.15, 0.2) is 42.5 Å². The molecule has 0 unspecified atom stereocenters. The maximum atomic E-state index is 12.6. The number of urea groups is 1. The maximum Gasteiger partial charge on any atom is 0.323 e. The molecule has 0 fully saturated rings. The molecule has 6 heteroatoms. The fourth-order valence-corrected chi connectivity index (χ4v) is 3.43. The molecule has 1 aliphatic rings. The van der Waals surface area contributed by atoms with E-state index in [1.807, 2.05) is 38.1 Å². The first-order valence-corrected chi connectivity index (χ1v) is 9.75. The van der Waals surface area contributed by atoms with Crippen molar-refractivity contribution in [1.82, 2.24) is 4.90 Å². The van der Waals surface area contributed by atoms with Crippen molar-refractivity contribution in [3.05, 3.63) is 59.2 Å². The Bertz CT molecular complexity index is 974. The number of hydrogen-bond acceptors (Lipinski definition) is 3. The zero-order valence-electron chi connectivity index (χ0n) is 17.5. The van der Waals surface area contributed by atoms with Gasteiger partial charge in [-0.3, -0.25) is 14.5 Å². The van der Waals surface area contributed by atoms with E-state index in [2.05, 4.69) is 31.4 Å². The molecule has 2 N–H and O–H groups in total. The number of amides is 4. The molecular formula is C23H27N3O3. The van der Waals surface area contributed by atoms with Crippen molar-refractivity contribution >= 4 is 29.2 Å². The molecule has 0 aromatic heterocycles. The Hall–Kier alpha value is -3.15. The third-order valence-corrected chi connectivity index (χ3v) is 4.76. The van der Waals surface area contributed by atoms with Crippen molar-refractivity contribution in [2.24, 2.45) is 5.92 Å². The summed E-state index contributed by atoms with van der Waals surface area (Å²) in [6.45, 7) is 10.5. The predicted molar refractivity (Wildman–Crippen MR) is 114 cm³/mol. The highest BCUT2D eigenvalue weighted by molar-refractivity contribution is 6.22. The van der Waals surface area contributed by atoms with Crippen LogP contribution in [0.2, 0.25) is 0 Å². The van der Waals surface area contributed by atoms with E-state index in [0.717, 1.165) is 11.3 Å². The monoisotopic (exact) mass is 393 g/mol. The van der Waals surface area contributed by atoms with Crippen molar-refractivity contribution in [3.8, 4) is 0 Å². The molecule has 0 radical (unpaired) electrons. The molecule has 0 aliphatic carbocycles. The van der Waals surface area contributed by atoms with Crippen LogP contribution in [-0.2, 0) is 5.41 Å². The molecule has 0 spiro atoms. The summed E-state index contributed by atoms with van der Waals surface area (Å²) < 4.78 is 0. The molecule has 0 atom stereocenters. The molecule has 0 bridgehead atoms. The number of imide groups is 1. The standard InChI is InChI=1S/C23H27N3O3/c1-14(2)13-26-20(27)16-11-10-15(12-17(16)21(26)28)24-22(29)25-19-9-7-6-8-18(19)23(3,4)5/h6-12,14H,13H2,1-5H3,(H2,24,25,29). The van der Waals surface area contributed by atoms with Gasteiger partial charge in [-0.1, -0.05) is 52.8 Å². The maximum absolute atomic E-state index is 12.6. The van der Waals surface area contributed by atoms with Crippen molar-refractivity contribution in [3.63, 3.8) is 0 Å². The summed E-state index contributed by atoms with van der Waals surface area (Å²) in [4.78, 5) is 38.9. The van der Waals surface area contributed by atoms with Gasteiger partial charge >= 0.3 is 6.03 Å². The quantitative estimate of drug-likeness (QED) is 0.727. The molecule has 4 amide bonds. The van der Waals surface area contributed by atoms with Gasteiger partial charge in [-0.2, -0.15) is 0 Å². The van der Waals surface area contributed by atoms with Crippen molar-refractivity contribution in [2.45, 2.75) is 40.0 Å². The summed E-state index contributed by atoms with van der Waals surface area (Å²) in [5, 5.41) is 5.63. The third kappa shape index (κ3) is 4.31. The summed E-state index contributed by atoms with van der Waals surface area (Å²) in [7, 11) is 0. The number of carbonyl (C=O) groups excluding carboxylic acids is 3. The van der Waals surface area contributed by atoms with Crippen LogP contribution < -0.4 is 10.6 Å². The summed E-state index contributed by atoms with van der Waals surface area (Å²) in [5.74, 6) is -0.418. The molecule has 152 valence electrons. The van der Waals surface area contributed by atoms with E-state index >= 15 is 0 Å². The van der Waals surface area contributed by atoms with Gasteiger partial charge < -0.3 is 10.6 Å². The van der Waals surface area contributed by atoms with E-state index in [1.165, 1.54) is 4.90 Å². The molecule has 6 nitrogen and oxygen atoms in total. The van der Waals surface area contributed by atoms with Crippen LogP contribution >= 0.6 is 0 Å². The van der Waals surface area contributed by atoms with Gasteiger partial charge in [0.2, 0.25) is 0 Å². The summed E-state index contributed by atoms with van der Waals surface area (Å²) in [6, 6.07) is 12.0. The van der Waals surface area contributed by atoms with Crippen molar-refractivity contribution in [1.29, 1.82) is 0 Å². The first-order chi connectivity index (χ1) is 13.6. The van der Waals surface area contributed by atoms with Crippen LogP contribution in [0, 0.1) is 5.92 Å². The number of nitrogens with zero attached hydrogens (tertiary/aromatic N) is 1. The van der Waals surface area contributed by atoms with Gasteiger partial charge in [-0.15, -0.1) is 0 Å². The van der Waals surface area contributed by atoms with Gasteiger partial charge in [0.15, 0.2) is 0 Å². The van der Waals surface area contributed by atoms with Gasteiger partial charge in [0, 0.05) is 17.9 Å². The molecule has 2 aromatic rings. The van der Waals surface area contributed by atoms with E-state index < -0.39 is 6.03 Å².